The fourth-order valence-corrected chi connectivity index (χ4v) is 2.11. The Kier molecular flexibility index (Phi) is 7.73. The molecule has 0 bridgehead atoms. The Morgan fingerprint density at radius 1 is 1.19 bits per heavy atom. The van der Waals surface area contributed by atoms with Crippen LogP contribution >= 0.6 is 0 Å². The molecular formula is C10H13AsFeO4. The zero-order valence-corrected chi connectivity index (χ0v) is 11.5. The molecule has 0 unspecified atom stereocenters. The molecule has 0 fully saturated rings. The maximum absolute atomic E-state index is 10.3. The number of benzene rings is 1. The van der Waals surface area contributed by atoms with Crippen LogP contribution in [0.25, 0.3) is 0 Å². The van der Waals surface area contributed by atoms with Crippen molar-refractivity contribution in [3.63, 3.8) is 0 Å². The maximum Gasteiger partial charge on any atom is 0 e. The molecule has 0 spiro atoms. The molecular weight excluding hydrogens is 315 g/mol. The van der Waals surface area contributed by atoms with E-state index >= 15 is 0 Å². The van der Waals surface area contributed by atoms with E-state index in [1.165, 1.54) is 0 Å². The van der Waals surface area contributed by atoms with E-state index in [1.807, 2.05) is 12.1 Å². The zero-order chi connectivity index (χ0) is 11.3. The first-order valence-electron chi connectivity index (χ1n) is 4.58. The zero-order valence-electron chi connectivity index (χ0n) is 8.48. The molecule has 0 heterocycles. The second-order valence-corrected chi connectivity index (χ2v) is 5.50. The van der Waals surface area contributed by atoms with Crippen LogP contribution in [0, 0.1) is 0 Å². The van der Waals surface area contributed by atoms with Crippen molar-refractivity contribution in [2.75, 3.05) is 0 Å². The Hall–Kier alpha value is -0.312. The predicted molar refractivity (Wildman–Crippen MR) is 56.8 cm³/mol. The Morgan fingerprint density at radius 3 is 2.19 bits per heavy atom. The smallest absolute Gasteiger partial charge is 0 e. The molecule has 0 amide bonds. The van der Waals surface area contributed by atoms with E-state index in [0.29, 0.717) is 17.2 Å². The number of carbonyl (C=O) groups is 1. The number of aryl methyl sites for hydroxylation is 1. The first kappa shape index (κ1) is 15.7. The summed E-state index contributed by atoms with van der Waals surface area (Å²) in [6, 6.07) is 7.00. The van der Waals surface area contributed by atoms with Crippen molar-refractivity contribution in [1.29, 1.82) is 0 Å². The minimum Gasteiger partial charge on any atom is 0 e. The van der Waals surface area contributed by atoms with Gasteiger partial charge in [0.25, 0.3) is 0 Å². The van der Waals surface area contributed by atoms with Crippen molar-refractivity contribution >= 4 is 25.7 Å². The van der Waals surface area contributed by atoms with Gasteiger partial charge in [0, 0.05) is 17.1 Å². The molecule has 0 aliphatic heterocycles. The Morgan fingerprint density at radius 2 is 1.75 bits per heavy atom. The van der Waals surface area contributed by atoms with Gasteiger partial charge in [0.15, 0.2) is 0 Å². The van der Waals surface area contributed by atoms with Crippen molar-refractivity contribution in [1.82, 2.24) is 0 Å². The third-order valence-corrected chi connectivity index (χ3v) is 3.62. The van der Waals surface area contributed by atoms with Crippen LogP contribution in [0.4, 0.5) is 0 Å². The van der Waals surface area contributed by atoms with E-state index in [1.54, 1.807) is 12.1 Å². The summed E-state index contributed by atoms with van der Waals surface area (Å²) in [6.07, 6.45) is 1.48. The predicted octanol–water partition coefficient (Wildman–Crippen LogP) is -0.229. The van der Waals surface area contributed by atoms with Gasteiger partial charge in [-0.2, -0.15) is 0 Å². The van der Waals surface area contributed by atoms with E-state index in [2.05, 4.69) is 0 Å². The summed E-state index contributed by atoms with van der Waals surface area (Å²) in [5.74, 6) is -0.787. The molecule has 6 heteroatoms. The van der Waals surface area contributed by atoms with Gasteiger partial charge < -0.3 is 0 Å². The molecule has 0 aromatic heterocycles. The number of rotatable bonds is 5. The Balaban J connectivity index is 0.00000225. The molecule has 16 heavy (non-hydrogen) atoms. The number of carboxylic acids is 1. The molecule has 0 radical (unpaired) electrons. The van der Waals surface area contributed by atoms with Gasteiger partial charge in [-0.15, -0.1) is 0 Å². The number of carboxylic acid groups (broad SMARTS) is 1. The van der Waals surface area contributed by atoms with Crippen LogP contribution in [-0.4, -0.2) is 34.6 Å². The van der Waals surface area contributed by atoms with Crippen LogP contribution < -0.4 is 4.35 Å². The quantitative estimate of drug-likeness (QED) is 0.653. The largest absolute Gasteiger partial charge is 0 e. The first-order chi connectivity index (χ1) is 7.09. The first-order valence-corrected chi connectivity index (χ1v) is 7.20. The van der Waals surface area contributed by atoms with Crippen LogP contribution in [-0.2, 0) is 28.3 Å². The molecule has 4 nitrogen and oxygen atoms in total. The van der Waals surface area contributed by atoms with E-state index in [9.17, 15) is 4.79 Å². The molecule has 1 aromatic carbocycles. The summed E-state index contributed by atoms with van der Waals surface area (Å²) < 4.78 is 18.6. The molecule has 1 aromatic rings. The molecule has 0 saturated carbocycles. The minimum absolute atomic E-state index is 0. The molecule has 0 aliphatic carbocycles. The van der Waals surface area contributed by atoms with Crippen LogP contribution in [0.2, 0.25) is 0 Å². The summed E-state index contributed by atoms with van der Waals surface area (Å²) in [7, 11) is 0. The van der Waals surface area contributed by atoms with Crippen molar-refractivity contribution < 1.29 is 35.2 Å². The SMILES string of the molecule is O=C(O)CCCc1ccc([As](O)O)cc1.[Fe]. The minimum atomic E-state index is -2.75. The van der Waals surface area contributed by atoms with E-state index in [0.717, 1.165) is 5.56 Å². The summed E-state index contributed by atoms with van der Waals surface area (Å²) >= 11 is -2.75. The summed E-state index contributed by atoms with van der Waals surface area (Å²) in [5.41, 5.74) is 1.02. The van der Waals surface area contributed by atoms with E-state index in [4.69, 9.17) is 13.3 Å². The average molecular weight is 328 g/mol. The molecule has 90 valence electrons. The van der Waals surface area contributed by atoms with Crippen molar-refractivity contribution in [2.45, 2.75) is 19.3 Å². The van der Waals surface area contributed by atoms with E-state index in [-0.39, 0.29) is 23.5 Å². The topological polar surface area (TPSA) is 77.8 Å². The molecule has 1 rings (SSSR count). The van der Waals surface area contributed by atoms with E-state index < -0.39 is 21.3 Å². The summed E-state index contributed by atoms with van der Waals surface area (Å²) in [4.78, 5) is 10.3. The van der Waals surface area contributed by atoms with Gasteiger partial charge in [0.05, 0.1) is 0 Å². The van der Waals surface area contributed by atoms with Gasteiger partial charge in [-0.1, -0.05) is 0 Å². The van der Waals surface area contributed by atoms with Crippen LogP contribution in [0.3, 0.4) is 0 Å². The normalized spacial score (nSPS) is 9.94. The van der Waals surface area contributed by atoms with Crippen LogP contribution in [0.5, 0.6) is 0 Å². The average Bonchev–Trinajstić information content (AvgIpc) is 2.18. The fraction of sp³-hybridized carbons (Fsp3) is 0.300. The number of aliphatic carboxylic acids is 1. The van der Waals surface area contributed by atoms with Crippen LogP contribution in [0.1, 0.15) is 18.4 Å². The number of hydrogen-bond donors (Lipinski definition) is 3. The monoisotopic (exact) mass is 328 g/mol. The summed E-state index contributed by atoms with van der Waals surface area (Å²) in [6.45, 7) is 0. The van der Waals surface area contributed by atoms with Crippen molar-refractivity contribution in [2.24, 2.45) is 0 Å². The molecule has 0 atom stereocenters. The van der Waals surface area contributed by atoms with Gasteiger partial charge >= 0.3 is 92.8 Å². The third-order valence-electron chi connectivity index (χ3n) is 2.02. The standard InChI is InChI=1S/C10H13AsO4.Fe/c12-10(13)3-1-2-8-4-6-9(7-5-8)11(14)15;/h4-7,14-15H,1-3H2,(H,12,13);. The summed E-state index contributed by atoms with van der Waals surface area (Å²) in [5, 5.41) is 8.45. The second kappa shape index (κ2) is 7.88. The molecule has 3 N–H and O–H groups in total. The van der Waals surface area contributed by atoms with Gasteiger partial charge in [0.1, 0.15) is 0 Å². The van der Waals surface area contributed by atoms with Gasteiger partial charge in [-0.05, 0) is 0 Å². The third kappa shape index (κ3) is 5.68. The van der Waals surface area contributed by atoms with Crippen LogP contribution in [0.15, 0.2) is 24.3 Å². The second-order valence-electron chi connectivity index (χ2n) is 3.20. The molecule has 0 aliphatic rings. The Labute approximate surface area is 110 Å². The van der Waals surface area contributed by atoms with Crippen molar-refractivity contribution in [3.8, 4) is 0 Å². The van der Waals surface area contributed by atoms with Gasteiger partial charge in [-0.25, -0.2) is 0 Å². The Bertz CT molecular complexity index is 326. The van der Waals surface area contributed by atoms with Gasteiger partial charge in [0.2, 0.25) is 0 Å². The number of hydrogen-bond acceptors (Lipinski definition) is 3. The maximum atomic E-state index is 10.3. The molecule has 0 saturated heterocycles. The van der Waals surface area contributed by atoms with Crippen molar-refractivity contribution in [3.05, 3.63) is 29.8 Å². The van der Waals surface area contributed by atoms with Gasteiger partial charge in [-0.3, -0.25) is 0 Å². The fourth-order valence-electron chi connectivity index (χ4n) is 1.24.